The summed E-state index contributed by atoms with van der Waals surface area (Å²) in [6, 6.07) is 5.09. The highest BCUT2D eigenvalue weighted by Gasteiger charge is 2.24. The third-order valence-electron chi connectivity index (χ3n) is 3.35. The van der Waals surface area contributed by atoms with Crippen LogP contribution in [0, 0.1) is 0 Å². The van der Waals surface area contributed by atoms with Crippen molar-refractivity contribution in [3.63, 3.8) is 0 Å². The number of halogens is 2. The summed E-state index contributed by atoms with van der Waals surface area (Å²) in [6.45, 7) is 4.64. The molecule has 0 saturated carbocycles. The number of nitrogens with one attached hydrogen (secondary N) is 1. The second-order valence-corrected chi connectivity index (χ2v) is 6.01. The lowest BCUT2D eigenvalue weighted by Crippen LogP contribution is -2.53. The number of benzene rings is 1. The van der Waals surface area contributed by atoms with Crippen LogP contribution >= 0.6 is 27.5 Å². The lowest BCUT2D eigenvalue weighted by molar-refractivity contribution is 0.0665. The van der Waals surface area contributed by atoms with E-state index in [4.69, 9.17) is 11.6 Å². The highest BCUT2D eigenvalue weighted by Crippen LogP contribution is 2.24. The molecule has 1 fully saturated rings. The van der Waals surface area contributed by atoms with Crippen molar-refractivity contribution in [2.24, 2.45) is 0 Å². The number of rotatable bonds is 2. The number of carbonyl (C=O) groups is 2. The molecular weight excluding hydrogens is 358 g/mol. The van der Waals surface area contributed by atoms with Gasteiger partial charge in [-0.2, -0.15) is 0 Å². The first-order valence-electron chi connectivity index (χ1n) is 6.80. The van der Waals surface area contributed by atoms with Crippen molar-refractivity contribution in [2.45, 2.75) is 6.92 Å². The highest BCUT2D eigenvalue weighted by molar-refractivity contribution is 9.10. The Morgan fingerprint density at radius 1 is 1.24 bits per heavy atom. The van der Waals surface area contributed by atoms with Gasteiger partial charge in [-0.05, 0) is 41.1 Å². The molecule has 0 aromatic heterocycles. The Kier molecular flexibility index (Phi) is 5.47. The van der Waals surface area contributed by atoms with Crippen molar-refractivity contribution in [1.29, 1.82) is 0 Å². The predicted octanol–water partition coefficient (Wildman–Crippen LogP) is 2.59. The molecular formula is C14H17BrClN3O2. The summed E-state index contributed by atoms with van der Waals surface area (Å²) in [5.41, 5.74) is 0.564. The summed E-state index contributed by atoms with van der Waals surface area (Å²) in [4.78, 5) is 27.6. The number of nitrogens with zero attached hydrogens (tertiary/aromatic N) is 2. The fourth-order valence-electron chi connectivity index (χ4n) is 2.19. The van der Waals surface area contributed by atoms with Crippen LogP contribution in [0.1, 0.15) is 17.3 Å². The molecule has 0 spiro atoms. The monoisotopic (exact) mass is 373 g/mol. The minimum atomic E-state index is -0.0729. The van der Waals surface area contributed by atoms with E-state index in [0.717, 1.165) is 4.47 Å². The van der Waals surface area contributed by atoms with E-state index in [1.54, 1.807) is 28.0 Å². The largest absolute Gasteiger partial charge is 0.338 e. The zero-order valence-corrected chi connectivity index (χ0v) is 14.1. The molecule has 114 valence electrons. The van der Waals surface area contributed by atoms with E-state index in [1.165, 1.54) is 0 Å². The third-order valence-corrected chi connectivity index (χ3v) is 4.58. The predicted molar refractivity (Wildman–Crippen MR) is 85.7 cm³/mol. The van der Waals surface area contributed by atoms with E-state index in [2.05, 4.69) is 21.2 Å². The van der Waals surface area contributed by atoms with Crippen molar-refractivity contribution >= 4 is 39.5 Å². The van der Waals surface area contributed by atoms with E-state index in [1.807, 2.05) is 6.92 Å². The van der Waals surface area contributed by atoms with E-state index in [9.17, 15) is 9.59 Å². The van der Waals surface area contributed by atoms with Gasteiger partial charge in [0.15, 0.2) is 0 Å². The Labute approximate surface area is 137 Å². The Morgan fingerprint density at radius 2 is 1.86 bits per heavy atom. The Hall–Kier alpha value is -1.27. The van der Waals surface area contributed by atoms with Crippen molar-refractivity contribution < 1.29 is 9.59 Å². The van der Waals surface area contributed by atoms with Gasteiger partial charge in [0.2, 0.25) is 0 Å². The third kappa shape index (κ3) is 3.89. The van der Waals surface area contributed by atoms with Gasteiger partial charge in [0, 0.05) is 42.8 Å². The number of amides is 3. The Bertz CT molecular complexity index is 545. The maximum absolute atomic E-state index is 12.4. The van der Waals surface area contributed by atoms with E-state index < -0.39 is 0 Å². The highest BCUT2D eigenvalue weighted by atomic mass is 79.9. The molecule has 1 aromatic rings. The van der Waals surface area contributed by atoms with Crippen LogP contribution in [0.3, 0.4) is 0 Å². The van der Waals surface area contributed by atoms with Gasteiger partial charge in [0.1, 0.15) is 0 Å². The normalized spacial score (nSPS) is 15.0. The molecule has 2 rings (SSSR count). The van der Waals surface area contributed by atoms with Crippen LogP contribution < -0.4 is 5.32 Å². The first-order chi connectivity index (χ1) is 10.0. The Balaban J connectivity index is 1.97. The number of hydrogen-bond acceptors (Lipinski definition) is 2. The van der Waals surface area contributed by atoms with Crippen LogP contribution in [0.25, 0.3) is 0 Å². The van der Waals surface area contributed by atoms with Crippen molar-refractivity contribution in [2.75, 3.05) is 32.7 Å². The Morgan fingerprint density at radius 3 is 2.43 bits per heavy atom. The molecule has 1 N–H and O–H groups in total. The van der Waals surface area contributed by atoms with Gasteiger partial charge in [0.25, 0.3) is 5.91 Å². The minimum Gasteiger partial charge on any atom is -0.338 e. The molecule has 1 aliphatic rings. The summed E-state index contributed by atoms with van der Waals surface area (Å²) in [5.74, 6) is -0.0556. The average molecular weight is 375 g/mol. The van der Waals surface area contributed by atoms with Crippen LogP contribution in [-0.4, -0.2) is 54.5 Å². The zero-order valence-electron chi connectivity index (χ0n) is 11.7. The fourth-order valence-corrected chi connectivity index (χ4v) is 2.61. The maximum Gasteiger partial charge on any atom is 0.317 e. The maximum atomic E-state index is 12.4. The van der Waals surface area contributed by atoms with E-state index in [0.29, 0.717) is 43.3 Å². The van der Waals surface area contributed by atoms with Gasteiger partial charge < -0.3 is 15.1 Å². The quantitative estimate of drug-likeness (QED) is 0.865. The standard InChI is InChI=1S/C14H17BrClN3O2/c1-2-17-14(21)19-7-5-18(6-8-19)13(20)10-3-4-11(15)12(16)9-10/h3-4,9H,2,5-8H2,1H3,(H,17,21). The summed E-state index contributed by atoms with van der Waals surface area (Å²) in [6.07, 6.45) is 0. The van der Waals surface area contributed by atoms with Gasteiger partial charge in [-0.25, -0.2) is 4.79 Å². The first-order valence-corrected chi connectivity index (χ1v) is 7.97. The van der Waals surface area contributed by atoms with Gasteiger partial charge in [0.05, 0.1) is 5.02 Å². The molecule has 0 radical (unpaired) electrons. The lowest BCUT2D eigenvalue weighted by atomic mass is 10.2. The fraction of sp³-hybridized carbons (Fsp3) is 0.429. The minimum absolute atomic E-state index is 0.0556. The molecule has 0 atom stereocenters. The van der Waals surface area contributed by atoms with Gasteiger partial charge in [-0.1, -0.05) is 11.6 Å². The summed E-state index contributed by atoms with van der Waals surface area (Å²) in [5, 5.41) is 3.28. The van der Waals surface area contributed by atoms with Gasteiger partial charge >= 0.3 is 6.03 Å². The average Bonchev–Trinajstić information content (AvgIpc) is 2.50. The van der Waals surface area contributed by atoms with Gasteiger partial charge in [-0.3, -0.25) is 4.79 Å². The smallest absolute Gasteiger partial charge is 0.317 e. The molecule has 1 saturated heterocycles. The summed E-state index contributed by atoms with van der Waals surface area (Å²) in [7, 11) is 0. The number of urea groups is 1. The van der Waals surface area contributed by atoms with E-state index >= 15 is 0 Å². The van der Waals surface area contributed by atoms with Gasteiger partial charge in [-0.15, -0.1) is 0 Å². The summed E-state index contributed by atoms with van der Waals surface area (Å²) < 4.78 is 0.766. The molecule has 5 nitrogen and oxygen atoms in total. The molecule has 1 aromatic carbocycles. The molecule has 0 bridgehead atoms. The number of piperazine rings is 1. The molecule has 0 aliphatic carbocycles. The molecule has 21 heavy (non-hydrogen) atoms. The van der Waals surface area contributed by atoms with Crippen molar-refractivity contribution in [3.05, 3.63) is 33.3 Å². The van der Waals surface area contributed by atoms with Crippen molar-refractivity contribution in [3.8, 4) is 0 Å². The topological polar surface area (TPSA) is 52.7 Å². The van der Waals surface area contributed by atoms with Crippen molar-refractivity contribution in [1.82, 2.24) is 15.1 Å². The second kappa shape index (κ2) is 7.13. The van der Waals surface area contributed by atoms with Crippen LogP contribution in [0.15, 0.2) is 22.7 Å². The van der Waals surface area contributed by atoms with Crippen LogP contribution in [0.2, 0.25) is 5.02 Å². The molecule has 7 heteroatoms. The molecule has 3 amide bonds. The number of carbonyl (C=O) groups excluding carboxylic acids is 2. The summed E-state index contributed by atoms with van der Waals surface area (Å²) >= 11 is 9.32. The SMILES string of the molecule is CCNC(=O)N1CCN(C(=O)c2ccc(Br)c(Cl)c2)CC1. The number of hydrogen-bond donors (Lipinski definition) is 1. The molecule has 1 aliphatic heterocycles. The second-order valence-electron chi connectivity index (χ2n) is 4.74. The zero-order chi connectivity index (χ0) is 15.4. The van der Waals surface area contributed by atoms with Crippen LogP contribution in [-0.2, 0) is 0 Å². The van der Waals surface area contributed by atoms with Crippen LogP contribution in [0.5, 0.6) is 0 Å². The van der Waals surface area contributed by atoms with Crippen LogP contribution in [0.4, 0.5) is 4.79 Å². The van der Waals surface area contributed by atoms with E-state index in [-0.39, 0.29) is 11.9 Å². The molecule has 1 heterocycles. The first kappa shape index (κ1) is 16.1. The molecule has 0 unspecified atom stereocenters. The lowest BCUT2D eigenvalue weighted by Gasteiger charge is -2.34.